The molecule has 3 amide bonds. The molecule has 170 valence electrons. The van der Waals surface area contributed by atoms with E-state index < -0.39 is 17.9 Å². The Morgan fingerprint density at radius 1 is 1.22 bits per heavy atom. The highest BCUT2D eigenvalue weighted by atomic mass is 32.1. The first-order chi connectivity index (χ1) is 15.4. The molecule has 1 saturated heterocycles. The van der Waals surface area contributed by atoms with E-state index >= 15 is 0 Å². The van der Waals surface area contributed by atoms with Gasteiger partial charge in [-0.05, 0) is 26.0 Å². The number of anilines is 2. The highest BCUT2D eigenvalue weighted by molar-refractivity contribution is 7.17. The molecule has 1 unspecified atom stereocenters. The number of hydrogen-bond acceptors (Lipinski definition) is 8. The molecule has 1 fully saturated rings. The smallest absolute Gasteiger partial charge is 0.281 e. The topological polar surface area (TPSA) is 113 Å². The summed E-state index contributed by atoms with van der Waals surface area (Å²) >= 11 is 1.28. The second-order valence-corrected chi connectivity index (χ2v) is 8.46. The van der Waals surface area contributed by atoms with Gasteiger partial charge in [0.05, 0.1) is 24.6 Å². The van der Waals surface area contributed by atoms with Gasteiger partial charge in [-0.15, -0.1) is 0 Å². The molecule has 2 N–H and O–H groups in total. The van der Waals surface area contributed by atoms with Crippen molar-refractivity contribution in [2.75, 3.05) is 42.6 Å². The Labute approximate surface area is 189 Å². The van der Waals surface area contributed by atoms with Crippen LogP contribution in [0.1, 0.15) is 28.7 Å². The number of hydrogen-bond donors (Lipinski definition) is 2. The average molecular weight is 460 g/mol. The van der Waals surface area contributed by atoms with E-state index in [4.69, 9.17) is 9.47 Å². The molecule has 1 aromatic heterocycles. The molecular formula is C21H25N5O5S. The summed E-state index contributed by atoms with van der Waals surface area (Å²) < 4.78 is 10.9. The number of benzene rings is 1. The van der Waals surface area contributed by atoms with Crippen LogP contribution in [-0.4, -0.2) is 61.7 Å². The zero-order chi connectivity index (χ0) is 22.7. The van der Waals surface area contributed by atoms with Crippen LogP contribution in [-0.2, 0) is 14.3 Å². The Morgan fingerprint density at radius 3 is 2.75 bits per heavy atom. The summed E-state index contributed by atoms with van der Waals surface area (Å²) in [5.41, 5.74) is 6.10. The van der Waals surface area contributed by atoms with Gasteiger partial charge in [0, 0.05) is 26.1 Å². The minimum atomic E-state index is -0.623. The maximum atomic E-state index is 12.6. The highest BCUT2D eigenvalue weighted by Crippen LogP contribution is 2.33. The van der Waals surface area contributed by atoms with Crippen LogP contribution in [0.3, 0.4) is 0 Å². The quantitative estimate of drug-likeness (QED) is 0.647. The molecule has 3 heterocycles. The van der Waals surface area contributed by atoms with Crippen molar-refractivity contribution in [2.45, 2.75) is 26.4 Å². The minimum absolute atomic E-state index is 0.0216. The number of hydrazine groups is 1. The van der Waals surface area contributed by atoms with Gasteiger partial charge in [-0.2, -0.15) is 0 Å². The van der Waals surface area contributed by atoms with Crippen molar-refractivity contribution in [2.24, 2.45) is 0 Å². The summed E-state index contributed by atoms with van der Waals surface area (Å²) in [6.07, 6.45) is -0.601. The molecule has 11 heteroatoms. The predicted molar refractivity (Wildman–Crippen MR) is 119 cm³/mol. The number of nitrogens with zero attached hydrogens (tertiary/aromatic N) is 3. The second kappa shape index (κ2) is 9.53. The van der Waals surface area contributed by atoms with E-state index in [-0.39, 0.29) is 18.9 Å². The minimum Gasteiger partial charge on any atom is -0.479 e. The van der Waals surface area contributed by atoms with E-state index in [9.17, 15) is 14.4 Å². The zero-order valence-electron chi connectivity index (χ0n) is 17.9. The highest BCUT2D eigenvalue weighted by Gasteiger charge is 2.31. The molecule has 0 saturated carbocycles. The summed E-state index contributed by atoms with van der Waals surface area (Å²) in [7, 11) is 0. The maximum Gasteiger partial charge on any atom is 0.281 e. The fourth-order valence-corrected chi connectivity index (χ4v) is 4.55. The first-order valence-electron chi connectivity index (χ1n) is 10.4. The normalized spacial score (nSPS) is 18.1. The fourth-order valence-electron chi connectivity index (χ4n) is 3.53. The van der Waals surface area contributed by atoms with E-state index in [0.29, 0.717) is 35.2 Å². The monoisotopic (exact) mass is 459 g/mol. The van der Waals surface area contributed by atoms with Gasteiger partial charge in [0.2, 0.25) is 5.91 Å². The van der Waals surface area contributed by atoms with Gasteiger partial charge in [0.15, 0.2) is 11.2 Å². The van der Waals surface area contributed by atoms with Crippen molar-refractivity contribution >= 4 is 39.9 Å². The Bertz CT molecular complexity index is 1020. The van der Waals surface area contributed by atoms with Crippen LogP contribution in [0.5, 0.6) is 5.75 Å². The molecule has 0 aliphatic carbocycles. The number of ether oxygens (including phenoxy) is 2. The lowest BCUT2D eigenvalue weighted by Gasteiger charge is -2.32. The first kappa shape index (κ1) is 22.0. The molecule has 4 rings (SSSR count). The van der Waals surface area contributed by atoms with Crippen molar-refractivity contribution in [1.29, 1.82) is 0 Å². The molecule has 1 atom stereocenters. The van der Waals surface area contributed by atoms with Crippen LogP contribution in [0, 0.1) is 6.92 Å². The number of aryl methyl sites for hydroxylation is 1. The van der Waals surface area contributed by atoms with Gasteiger partial charge in [-0.25, -0.2) is 4.98 Å². The molecule has 0 radical (unpaired) electrons. The number of fused-ring (bicyclic) bond motifs is 1. The van der Waals surface area contributed by atoms with Crippen LogP contribution in [0.4, 0.5) is 10.8 Å². The Balaban J connectivity index is 1.31. The Kier molecular flexibility index (Phi) is 6.56. The number of morpholine rings is 1. The van der Waals surface area contributed by atoms with E-state index in [2.05, 4.69) is 20.7 Å². The van der Waals surface area contributed by atoms with Crippen molar-refractivity contribution in [3.05, 3.63) is 34.8 Å². The SMILES string of the molecule is Cc1nc(N2CCOCC2)sc1C(=O)NNC(=O)CCN1C(=O)C(C)Oc2ccccc21. The third kappa shape index (κ3) is 4.68. The maximum absolute atomic E-state index is 12.6. The third-order valence-corrected chi connectivity index (χ3v) is 6.44. The Morgan fingerprint density at radius 2 is 1.97 bits per heavy atom. The van der Waals surface area contributed by atoms with Crippen LogP contribution in [0.2, 0.25) is 0 Å². The average Bonchev–Trinajstić information content (AvgIpc) is 3.20. The number of carbonyl (C=O) groups excluding carboxylic acids is 3. The summed E-state index contributed by atoms with van der Waals surface area (Å²) in [6, 6.07) is 7.19. The molecule has 10 nitrogen and oxygen atoms in total. The standard InChI is InChI=1S/C21H25N5O5S/c1-13-18(32-21(22-13)25-9-11-30-12-10-25)19(28)24-23-17(27)7-8-26-15-5-3-4-6-16(15)31-14(2)20(26)29/h3-6,14H,7-12H2,1-2H3,(H,23,27)(H,24,28). The lowest BCUT2D eigenvalue weighted by molar-refractivity contribution is -0.125. The van der Waals surface area contributed by atoms with Crippen LogP contribution < -0.4 is 25.4 Å². The van der Waals surface area contributed by atoms with E-state index in [1.165, 1.54) is 16.2 Å². The number of aromatic nitrogens is 1. The summed E-state index contributed by atoms with van der Waals surface area (Å²) in [5.74, 6) is -0.436. The van der Waals surface area contributed by atoms with Gasteiger partial charge in [-0.3, -0.25) is 25.2 Å². The van der Waals surface area contributed by atoms with E-state index in [0.717, 1.165) is 18.2 Å². The molecule has 2 aromatic rings. The summed E-state index contributed by atoms with van der Waals surface area (Å²) in [6.45, 7) is 6.33. The number of carbonyl (C=O) groups is 3. The molecule has 1 aromatic carbocycles. The number of para-hydroxylation sites is 2. The van der Waals surface area contributed by atoms with Gasteiger partial charge in [0.1, 0.15) is 10.6 Å². The van der Waals surface area contributed by atoms with Gasteiger partial charge < -0.3 is 19.3 Å². The molecule has 0 spiro atoms. The second-order valence-electron chi connectivity index (χ2n) is 7.48. The lowest BCUT2D eigenvalue weighted by atomic mass is 10.1. The van der Waals surface area contributed by atoms with Gasteiger partial charge in [-0.1, -0.05) is 23.5 Å². The summed E-state index contributed by atoms with van der Waals surface area (Å²) in [5, 5.41) is 0.765. The van der Waals surface area contributed by atoms with Crippen LogP contribution in [0.25, 0.3) is 0 Å². The largest absolute Gasteiger partial charge is 0.479 e. The first-order valence-corrected chi connectivity index (χ1v) is 11.2. The van der Waals surface area contributed by atoms with Crippen molar-refractivity contribution < 1.29 is 23.9 Å². The van der Waals surface area contributed by atoms with Crippen LogP contribution >= 0.6 is 11.3 Å². The number of amides is 3. The van der Waals surface area contributed by atoms with Crippen molar-refractivity contribution in [3.8, 4) is 5.75 Å². The molecule has 2 aliphatic rings. The van der Waals surface area contributed by atoms with Gasteiger partial charge in [0.25, 0.3) is 11.8 Å². The van der Waals surface area contributed by atoms with Crippen LogP contribution in [0.15, 0.2) is 24.3 Å². The fraction of sp³-hybridized carbons (Fsp3) is 0.429. The third-order valence-electron chi connectivity index (χ3n) is 5.22. The molecule has 2 aliphatic heterocycles. The van der Waals surface area contributed by atoms with E-state index in [1.54, 1.807) is 32.0 Å². The predicted octanol–water partition coefficient (Wildman–Crippen LogP) is 1.25. The van der Waals surface area contributed by atoms with E-state index in [1.807, 2.05) is 6.07 Å². The number of rotatable bonds is 5. The Hall–Kier alpha value is -3.18. The molecule has 32 heavy (non-hydrogen) atoms. The van der Waals surface area contributed by atoms with Crippen molar-refractivity contribution in [3.63, 3.8) is 0 Å². The van der Waals surface area contributed by atoms with Crippen molar-refractivity contribution in [1.82, 2.24) is 15.8 Å². The molecular weight excluding hydrogens is 434 g/mol. The number of thiazole rings is 1. The molecule has 0 bridgehead atoms. The summed E-state index contributed by atoms with van der Waals surface area (Å²) in [4.78, 5) is 45.9. The van der Waals surface area contributed by atoms with Gasteiger partial charge >= 0.3 is 0 Å². The zero-order valence-corrected chi connectivity index (χ0v) is 18.7. The lowest BCUT2D eigenvalue weighted by Crippen LogP contribution is -2.47. The number of nitrogens with one attached hydrogen (secondary N) is 2.